The van der Waals surface area contributed by atoms with Crippen molar-refractivity contribution < 1.29 is 9.22 Å². The normalized spacial score (nSPS) is 11.5. The van der Waals surface area contributed by atoms with E-state index >= 15 is 0 Å². The van der Waals surface area contributed by atoms with Crippen LogP contribution in [0.15, 0.2) is 0 Å². The lowest BCUT2D eigenvalue weighted by atomic mass is 10.4. The van der Waals surface area contributed by atoms with Crippen LogP contribution in [-0.2, 0) is 4.43 Å². The minimum atomic E-state index is -1.70. The summed E-state index contributed by atoms with van der Waals surface area (Å²) in [5.74, 6) is 0. The second kappa shape index (κ2) is 3.76. The molecule has 0 fully saturated rings. The molecule has 0 aromatic heterocycles. The Morgan fingerprint density at radius 2 is 1.82 bits per heavy atom. The van der Waals surface area contributed by atoms with Crippen LogP contribution in [-0.4, -0.2) is 20.5 Å². The van der Waals surface area contributed by atoms with Crippen LogP contribution in [0, 0.1) is 0 Å². The molecule has 0 radical (unpaired) electrons. The van der Waals surface area contributed by atoms with Crippen molar-refractivity contribution in [2.75, 3.05) is 0 Å². The minimum absolute atomic E-state index is 0.152. The maximum Gasteiger partial charge on any atom is 0.393 e. The summed E-state index contributed by atoms with van der Waals surface area (Å²) in [5.41, 5.74) is 0. The molecule has 0 aromatic carbocycles. The van der Waals surface area contributed by atoms with Gasteiger partial charge in [-0.05, 0) is 33.5 Å². The second-order valence-corrected chi connectivity index (χ2v) is 8.23. The summed E-state index contributed by atoms with van der Waals surface area (Å²) in [7, 11) is -1.70. The average molecular weight is 175 g/mol. The van der Waals surface area contributed by atoms with Gasteiger partial charge in [-0.15, -0.1) is 0 Å². The fraction of sp³-hybridized carbons (Fsp3) is 0.857. The number of carbonyl (C=O) groups excluding carboxylic acids is 1. The predicted molar refractivity (Wildman–Crippen MR) is 48.1 cm³/mol. The van der Waals surface area contributed by atoms with E-state index < -0.39 is 8.32 Å². The van der Waals surface area contributed by atoms with Crippen LogP contribution in [0.1, 0.15) is 13.8 Å². The van der Waals surface area contributed by atoms with Crippen molar-refractivity contribution in [1.82, 2.24) is 5.32 Å². The van der Waals surface area contributed by atoms with Crippen LogP contribution < -0.4 is 5.32 Å². The van der Waals surface area contributed by atoms with Crippen LogP contribution in [0.4, 0.5) is 4.79 Å². The molecular weight excluding hydrogens is 158 g/mol. The molecule has 4 heteroatoms. The molecule has 0 heterocycles. The first-order valence-corrected chi connectivity index (χ1v) is 7.21. The lowest BCUT2D eigenvalue weighted by Gasteiger charge is -2.18. The van der Waals surface area contributed by atoms with Gasteiger partial charge in [0.15, 0.2) is 0 Å². The zero-order valence-corrected chi connectivity index (χ0v) is 8.89. The Balaban J connectivity index is 3.71. The molecule has 0 unspecified atom stereocenters. The van der Waals surface area contributed by atoms with E-state index in [1.54, 1.807) is 0 Å². The van der Waals surface area contributed by atoms with Crippen molar-refractivity contribution >= 4 is 14.4 Å². The summed E-state index contributed by atoms with van der Waals surface area (Å²) < 4.78 is 5.14. The quantitative estimate of drug-likeness (QED) is 0.651. The number of hydrogen-bond donors (Lipinski definition) is 1. The third-order valence-electron chi connectivity index (χ3n) is 0.805. The fourth-order valence-electron chi connectivity index (χ4n) is 0.543. The monoisotopic (exact) mass is 175 g/mol. The van der Waals surface area contributed by atoms with Gasteiger partial charge in [0.2, 0.25) is 8.32 Å². The van der Waals surface area contributed by atoms with Gasteiger partial charge in [0.05, 0.1) is 0 Å². The molecule has 0 rings (SSSR count). The molecule has 0 atom stereocenters. The highest BCUT2D eigenvalue weighted by atomic mass is 28.4. The average Bonchev–Trinajstić information content (AvgIpc) is 1.53. The molecule has 0 spiro atoms. The molecule has 11 heavy (non-hydrogen) atoms. The van der Waals surface area contributed by atoms with E-state index in [1.165, 1.54) is 0 Å². The Kier molecular flexibility index (Phi) is 3.58. The van der Waals surface area contributed by atoms with Crippen molar-refractivity contribution in [3.8, 4) is 0 Å². The van der Waals surface area contributed by atoms with Crippen molar-refractivity contribution in [2.24, 2.45) is 0 Å². The fourth-order valence-corrected chi connectivity index (χ4v) is 1.16. The molecular formula is C7H17NO2Si. The Hall–Kier alpha value is -0.513. The van der Waals surface area contributed by atoms with E-state index in [2.05, 4.69) is 5.32 Å². The molecule has 0 aliphatic carbocycles. The number of hydrogen-bond acceptors (Lipinski definition) is 2. The Bertz CT molecular complexity index is 140. The smallest absolute Gasteiger partial charge is 0.393 e. The Labute approximate surface area is 69.3 Å². The van der Waals surface area contributed by atoms with Crippen LogP contribution in [0.5, 0.6) is 0 Å². The molecule has 0 bridgehead atoms. The van der Waals surface area contributed by atoms with Gasteiger partial charge in [-0.2, -0.15) is 0 Å². The van der Waals surface area contributed by atoms with Gasteiger partial charge in [0.25, 0.3) is 0 Å². The lowest BCUT2D eigenvalue weighted by molar-refractivity contribution is 0.196. The van der Waals surface area contributed by atoms with E-state index in [9.17, 15) is 4.79 Å². The highest BCUT2D eigenvalue weighted by Gasteiger charge is 2.19. The molecule has 1 amide bonds. The molecule has 0 aliphatic rings. The number of carbonyl (C=O) groups is 1. The van der Waals surface area contributed by atoms with Gasteiger partial charge in [0.1, 0.15) is 0 Å². The van der Waals surface area contributed by atoms with Crippen molar-refractivity contribution in [3.63, 3.8) is 0 Å². The largest absolute Gasteiger partial charge is 0.504 e. The Morgan fingerprint density at radius 1 is 1.36 bits per heavy atom. The van der Waals surface area contributed by atoms with Gasteiger partial charge < -0.3 is 9.74 Å². The van der Waals surface area contributed by atoms with E-state index in [-0.39, 0.29) is 12.1 Å². The maximum absolute atomic E-state index is 11.0. The van der Waals surface area contributed by atoms with E-state index in [0.717, 1.165) is 0 Å². The SMILES string of the molecule is CC(C)NC(=O)O[Si](C)(C)C. The molecule has 66 valence electrons. The highest BCUT2D eigenvalue weighted by Crippen LogP contribution is 2.02. The summed E-state index contributed by atoms with van der Waals surface area (Å²) in [6, 6.07) is 0.152. The van der Waals surface area contributed by atoms with Crippen LogP contribution in [0.3, 0.4) is 0 Å². The van der Waals surface area contributed by atoms with Crippen LogP contribution in [0.2, 0.25) is 19.6 Å². The molecule has 1 N–H and O–H groups in total. The number of nitrogens with one attached hydrogen (secondary N) is 1. The number of rotatable bonds is 2. The molecule has 0 saturated heterocycles. The Morgan fingerprint density at radius 3 is 2.09 bits per heavy atom. The zero-order chi connectivity index (χ0) is 9.07. The van der Waals surface area contributed by atoms with Gasteiger partial charge in [0, 0.05) is 6.04 Å². The minimum Gasteiger partial charge on any atom is -0.504 e. The van der Waals surface area contributed by atoms with Gasteiger partial charge in [-0.1, -0.05) is 0 Å². The summed E-state index contributed by atoms with van der Waals surface area (Å²) in [4.78, 5) is 11.0. The van der Waals surface area contributed by atoms with Gasteiger partial charge >= 0.3 is 6.09 Å². The first-order valence-electron chi connectivity index (χ1n) is 3.81. The summed E-state index contributed by atoms with van der Waals surface area (Å²) in [6.45, 7) is 9.75. The summed E-state index contributed by atoms with van der Waals surface area (Å²) >= 11 is 0. The third-order valence-corrected chi connectivity index (χ3v) is 1.60. The van der Waals surface area contributed by atoms with Gasteiger partial charge in [-0.25, -0.2) is 4.79 Å². The molecule has 0 saturated carbocycles. The first kappa shape index (κ1) is 10.5. The van der Waals surface area contributed by atoms with E-state index in [1.807, 2.05) is 33.5 Å². The summed E-state index contributed by atoms with van der Waals surface area (Å²) in [5, 5.41) is 2.67. The second-order valence-electron chi connectivity index (χ2n) is 3.80. The van der Waals surface area contributed by atoms with Gasteiger partial charge in [-0.3, -0.25) is 0 Å². The molecule has 0 aromatic rings. The summed E-state index contributed by atoms with van der Waals surface area (Å²) in [6.07, 6.45) is -0.292. The van der Waals surface area contributed by atoms with Crippen molar-refractivity contribution in [2.45, 2.75) is 39.5 Å². The van der Waals surface area contributed by atoms with Crippen LogP contribution >= 0.6 is 0 Å². The topological polar surface area (TPSA) is 38.3 Å². The highest BCUT2D eigenvalue weighted by molar-refractivity contribution is 6.71. The lowest BCUT2D eigenvalue weighted by Crippen LogP contribution is -2.38. The predicted octanol–water partition coefficient (Wildman–Crippen LogP) is 1.96. The maximum atomic E-state index is 11.0. The van der Waals surface area contributed by atoms with Crippen LogP contribution in [0.25, 0.3) is 0 Å². The number of amides is 1. The molecule has 3 nitrogen and oxygen atoms in total. The molecule has 0 aliphatic heterocycles. The van der Waals surface area contributed by atoms with E-state index in [0.29, 0.717) is 0 Å². The third kappa shape index (κ3) is 7.38. The zero-order valence-electron chi connectivity index (χ0n) is 7.89. The van der Waals surface area contributed by atoms with E-state index in [4.69, 9.17) is 4.43 Å². The van der Waals surface area contributed by atoms with Crippen molar-refractivity contribution in [3.05, 3.63) is 0 Å². The van der Waals surface area contributed by atoms with Crippen molar-refractivity contribution in [1.29, 1.82) is 0 Å². The standard InChI is InChI=1S/C7H17NO2Si/c1-6(2)8-7(9)10-11(3,4)5/h6H,1-5H3,(H,8,9). The first-order chi connectivity index (χ1) is 4.81.